The highest BCUT2D eigenvalue weighted by atomic mass is 16.6. The van der Waals surface area contributed by atoms with E-state index >= 15 is 0 Å². The quantitative estimate of drug-likeness (QED) is 0.120. The van der Waals surface area contributed by atoms with Gasteiger partial charge >= 0.3 is 6.09 Å². The number of rotatable bonds is 10. The number of anilines is 6. The Balaban J connectivity index is 0.000000170. The van der Waals surface area contributed by atoms with Crippen LogP contribution in [-0.2, 0) is 14.3 Å². The number of carbonyl (C=O) groups is 5. The van der Waals surface area contributed by atoms with E-state index in [-0.39, 0.29) is 53.6 Å². The number of hydrogen-bond donors (Lipinski definition) is 3. The van der Waals surface area contributed by atoms with Gasteiger partial charge in [-0.2, -0.15) is 9.97 Å². The lowest BCUT2D eigenvalue weighted by atomic mass is 9.88. The van der Waals surface area contributed by atoms with Gasteiger partial charge in [0, 0.05) is 102 Å². The minimum absolute atomic E-state index is 0.0272. The third-order valence-corrected chi connectivity index (χ3v) is 16.4. The molecular formula is C57H72N16O6. The molecule has 6 fully saturated rings. The molecule has 0 radical (unpaired) electrons. The molecule has 2 saturated carbocycles. The monoisotopic (exact) mass is 1080 g/mol. The minimum atomic E-state index is -0.556. The number of pyridine rings is 2. The van der Waals surface area contributed by atoms with Gasteiger partial charge in [0.05, 0.1) is 23.8 Å². The van der Waals surface area contributed by atoms with Crippen LogP contribution in [0.5, 0.6) is 0 Å². The standard InChI is InChI=1S/C31H40N8O4.C26H32N8O2/c1-31(2,3)43-30(42)37-16-20-13-26(40)38(18-21(20)17-37)23-10-11-25(32-15-23)34-29-33-14-19-12-24(28(41)36(4)5)39(27(19)35-29)22-8-6-7-9-22;1-32(2)25(36)21-9-17-13-29-26(31-24(17)34(21)19-5-3-4-6-19)30-22-8-7-20(14-28-22)33-15-18-12-27-11-16(18)10-23(33)35/h10-12,14-15,20-22H,6-9,13,16-18H2,1-5H3,(H,32,33,34,35);7-9,13-14,16,18-19,27H,3-6,10-12,15H2,1-2H3,(H,28,29,30,31). The minimum Gasteiger partial charge on any atom is -0.444 e. The fraction of sp³-hybridized carbons (Fsp3) is 0.526. The van der Waals surface area contributed by atoms with E-state index in [9.17, 15) is 24.0 Å². The lowest BCUT2D eigenvalue weighted by Crippen LogP contribution is -2.44. The van der Waals surface area contributed by atoms with Gasteiger partial charge in [-0.1, -0.05) is 25.7 Å². The Kier molecular flexibility index (Phi) is 14.7. The van der Waals surface area contributed by atoms with Gasteiger partial charge in [-0.05, 0) is 120 Å². The van der Waals surface area contributed by atoms with E-state index in [2.05, 4.69) is 45.0 Å². The summed E-state index contributed by atoms with van der Waals surface area (Å²) in [6, 6.07) is 11.7. The molecule has 5 amide bonds. The van der Waals surface area contributed by atoms with Crippen LogP contribution in [0.4, 0.5) is 39.7 Å². The number of ether oxygens (including phenoxy) is 1. The predicted octanol–water partition coefficient (Wildman–Crippen LogP) is 7.57. The number of piperidine rings is 2. The van der Waals surface area contributed by atoms with Crippen molar-refractivity contribution >= 4 is 86.7 Å². The molecule has 12 rings (SSSR count). The third kappa shape index (κ3) is 11.2. The maximum atomic E-state index is 13.1. The Morgan fingerprint density at radius 1 is 0.595 bits per heavy atom. The Morgan fingerprint density at radius 2 is 1.05 bits per heavy atom. The molecule has 416 valence electrons. The van der Waals surface area contributed by atoms with E-state index in [4.69, 9.17) is 14.7 Å². The van der Waals surface area contributed by atoms with Crippen molar-refractivity contribution in [3.63, 3.8) is 0 Å². The van der Waals surface area contributed by atoms with Crippen molar-refractivity contribution in [1.82, 2.24) is 59.1 Å². The lowest BCUT2D eigenvalue weighted by molar-refractivity contribution is -0.122. The molecule has 6 aromatic rings. The molecule has 3 N–H and O–H groups in total. The van der Waals surface area contributed by atoms with Crippen LogP contribution < -0.4 is 25.8 Å². The fourth-order valence-electron chi connectivity index (χ4n) is 12.4. The summed E-state index contributed by atoms with van der Waals surface area (Å²) < 4.78 is 9.73. The van der Waals surface area contributed by atoms with Crippen LogP contribution in [-0.4, -0.2) is 157 Å². The first-order valence-corrected chi connectivity index (χ1v) is 27.9. The smallest absolute Gasteiger partial charge is 0.410 e. The van der Waals surface area contributed by atoms with Crippen molar-refractivity contribution in [3.8, 4) is 0 Å². The highest BCUT2D eigenvalue weighted by Gasteiger charge is 2.44. The van der Waals surface area contributed by atoms with E-state index in [1.807, 2.05) is 56.0 Å². The number of fused-ring (bicyclic) bond motifs is 4. The van der Waals surface area contributed by atoms with Crippen LogP contribution in [0.15, 0.2) is 61.2 Å². The van der Waals surface area contributed by atoms with Gasteiger partial charge in [-0.25, -0.2) is 24.7 Å². The predicted molar refractivity (Wildman–Crippen MR) is 300 cm³/mol. The van der Waals surface area contributed by atoms with Crippen molar-refractivity contribution in [3.05, 3.63) is 72.6 Å². The molecule has 22 nitrogen and oxygen atoms in total. The van der Waals surface area contributed by atoms with E-state index in [1.165, 1.54) is 0 Å². The van der Waals surface area contributed by atoms with Gasteiger partial charge in [0.15, 0.2) is 0 Å². The molecule has 4 saturated heterocycles. The second-order valence-electron chi connectivity index (χ2n) is 23.6. The van der Waals surface area contributed by atoms with Crippen molar-refractivity contribution < 1.29 is 28.7 Å². The van der Waals surface area contributed by atoms with E-state index in [1.54, 1.807) is 78.6 Å². The molecule has 2 aliphatic carbocycles. The van der Waals surface area contributed by atoms with Crippen LogP contribution in [0, 0.1) is 23.7 Å². The summed E-state index contributed by atoms with van der Waals surface area (Å²) in [6.07, 6.45) is 16.3. The van der Waals surface area contributed by atoms with Crippen molar-refractivity contribution in [2.45, 2.75) is 103 Å². The molecule has 4 aliphatic heterocycles. The number of hydrogen-bond acceptors (Lipinski definition) is 15. The van der Waals surface area contributed by atoms with Crippen LogP contribution in [0.1, 0.15) is 118 Å². The molecule has 10 heterocycles. The summed E-state index contributed by atoms with van der Waals surface area (Å²) in [5, 5.41) is 11.5. The van der Waals surface area contributed by atoms with E-state index in [0.29, 0.717) is 84.9 Å². The van der Waals surface area contributed by atoms with Gasteiger partial charge in [0.2, 0.25) is 23.7 Å². The average Bonchev–Trinajstić information content (AvgIpc) is 4.32. The number of nitrogens with zero attached hydrogens (tertiary/aromatic N) is 13. The highest BCUT2D eigenvalue weighted by Crippen LogP contribution is 2.39. The maximum absolute atomic E-state index is 13.1. The van der Waals surface area contributed by atoms with E-state index in [0.717, 1.165) is 98.8 Å². The third-order valence-electron chi connectivity index (χ3n) is 16.4. The SMILES string of the molecule is CN(C)C(=O)c1cc2cnc(Nc3ccc(N4CC5CN(C(=O)OC(C)(C)C)CC5CC4=O)cn3)nc2n1C1CCCC1.CN(C)C(=O)c1cc2cnc(Nc3ccc(N4CC5CNCC5CC4=O)cn3)nc2n1C1CCCC1. The largest absolute Gasteiger partial charge is 0.444 e. The molecular weight excluding hydrogens is 1000 g/mol. The highest BCUT2D eigenvalue weighted by molar-refractivity contribution is 5.99. The molecule has 79 heavy (non-hydrogen) atoms. The van der Waals surface area contributed by atoms with Gasteiger partial charge in [0.25, 0.3) is 11.8 Å². The van der Waals surface area contributed by atoms with Crippen LogP contribution in [0.3, 0.4) is 0 Å². The van der Waals surface area contributed by atoms with Crippen LogP contribution in [0.2, 0.25) is 0 Å². The van der Waals surface area contributed by atoms with Crippen molar-refractivity contribution in [2.24, 2.45) is 23.7 Å². The molecule has 0 spiro atoms. The number of likely N-dealkylation sites (tertiary alicyclic amines) is 1. The zero-order chi connectivity index (χ0) is 55.3. The summed E-state index contributed by atoms with van der Waals surface area (Å²) in [5.41, 5.74) is 3.75. The molecule has 0 bridgehead atoms. The summed E-state index contributed by atoms with van der Waals surface area (Å²) in [7, 11) is 7.06. The molecule has 4 unspecified atom stereocenters. The van der Waals surface area contributed by atoms with Gasteiger partial charge in [-0.15, -0.1) is 0 Å². The average molecular weight is 1080 g/mol. The zero-order valence-corrected chi connectivity index (χ0v) is 46.3. The molecule has 4 atom stereocenters. The second kappa shape index (κ2) is 21.8. The number of aromatic nitrogens is 8. The first-order chi connectivity index (χ1) is 37.9. The van der Waals surface area contributed by atoms with Gasteiger partial charge in [-0.3, -0.25) is 19.2 Å². The molecule has 0 aromatic carbocycles. The van der Waals surface area contributed by atoms with Crippen molar-refractivity contribution in [1.29, 1.82) is 0 Å². The van der Waals surface area contributed by atoms with E-state index < -0.39 is 5.60 Å². The topological polar surface area (TPSA) is 234 Å². The first-order valence-electron chi connectivity index (χ1n) is 27.9. The van der Waals surface area contributed by atoms with Crippen molar-refractivity contribution in [2.75, 3.05) is 87.9 Å². The van der Waals surface area contributed by atoms with Gasteiger partial charge < -0.3 is 54.3 Å². The number of carbonyl (C=O) groups excluding carboxylic acids is 5. The normalized spacial score (nSPS) is 21.5. The summed E-state index contributed by atoms with van der Waals surface area (Å²) in [6.45, 7) is 9.84. The molecule has 22 heteroatoms. The fourth-order valence-corrected chi connectivity index (χ4v) is 12.4. The Bertz CT molecular complexity index is 3260. The Labute approximate surface area is 459 Å². The first kappa shape index (κ1) is 53.3. The Hall–Kier alpha value is -7.75. The molecule has 6 aromatic heterocycles. The van der Waals surface area contributed by atoms with Gasteiger partial charge in [0.1, 0.15) is 39.9 Å². The van der Waals surface area contributed by atoms with Crippen LogP contribution >= 0.6 is 0 Å². The lowest BCUT2D eigenvalue weighted by Gasteiger charge is -2.34. The maximum Gasteiger partial charge on any atom is 0.410 e. The second-order valence-corrected chi connectivity index (χ2v) is 23.6. The zero-order valence-electron chi connectivity index (χ0n) is 46.3. The summed E-state index contributed by atoms with van der Waals surface area (Å²) in [4.78, 5) is 100. The number of amides is 5. The number of nitrogens with one attached hydrogen (secondary N) is 3. The summed E-state index contributed by atoms with van der Waals surface area (Å²) >= 11 is 0. The summed E-state index contributed by atoms with van der Waals surface area (Å²) in [5.74, 6) is 3.34. The molecule has 6 aliphatic rings. The van der Waals surface area contributed by atoms with Crippen LogP contribution in [0.25, 0.3) is 22.1 Å². The Morgan fingerprint density at radius 3 is 1.51 bits per heavy atom.